The van der Waals surface area contributed by atoms with Gasteiger partial charge in [0.25, 0.3) is 0 Å². The minimum atomic E-state index is -0.383. The van der Waals surface area contributed by atoms with Crippen LogP contribution in [0.3, 0.4) is 0 Å². The number of hydrogen-bond acceptors (Lipinski definition) is 5. The highest BCUT2D eigenvalue weighted by Crippen LogP contribution is 2.27. The summed E-state index contributed by atoms with van der Waals surface area (Å²) in [6.07, 6.45) is 4.49. The van der Waals surface area contributed by atoms with Crippen molar-refractivity contribution in [2.45, 2.75) is 6.42 Å². The predicted octanol–water partition coefficient (Wildman–Crippen LogP) is 4.49. The molecule has 0 aliphatic heterocycles. The van der Waals surface area contributed by atoms with E-state index in [9.17, 15) is 4.79 Å². The number of para-hydroxylation sites is 1. The van der Waals surface area contributed by atoms with Gasteiger partial charge >= 0.3 is 5.63 Å². The van der Waals surface area contributed by atoms with Crippen molar-refractivity contribution in [1.29, 1.82) is 0 Å². The van der Waals surface area contributed by atoms with Gasteiger partial charge in [0.1, 0.15) is 22.5 Å². The third kappa shape index (κ3) is 2.99. The number of fused-ring (bicyclic) bond motifs is 4. The van der Waals surface area contributed by atoms with Crippen molar-refractivity contribution in [2.75, 3.05) is 19.0 Å². The Morgan fingerprint density at radius 1 is 1.10 bits per heavy atom. The normalized spacial score (nSPS) is 11.3. The van der Waals surface area contributed by atoms with Gasteiger partial charge in [0, 0.05) is 40.6 Å². The van der Waals surface area contributed by atoms with E-state index in [1.165, 1.54) is 5.56 Å². The van der Waals surface area contributed by atoms with E-state index in [-0.39, 0.29) is 5.63 Å². The zero-order valence-corrected chi connectivity index (χ0v) is 15.9. The lowest BCUT2D eigenvalue weighted by molar-refractivity contribution is 0.415. The first kappa shape index (κ1) is 17.3. The van der Waals surface area contributed by atoms with Gasteiger partial charge in [-0.2, -0.15) is 0 Å². The average Bonchev–Trinajstić information content (AvgIpc) is 3.16. The maximum Gasteiger partial charge on any atom is 0.347 e. The van der Waals surface area contributed by atoms with Crippen LogP contribution in [0.4, 0.5) is 5.82 Å². The molecule has 0 aliphatic carbocycles. The fourth-order valence-corrected chi connectivity index (χ4v) is 3.76. The number of methoxy groups -OCH3 is 1. The molecular formula is C23H19N3O3. The number of ether oxygens (including phenoxy) is 1. The minimum absolute atomic E-state index is 0.383. The summed E-state index contributed by atoms with van der Waals surface area (Å²) in [7, 11) is 1.66. The SMILES string of the molecule is COc1ccc2[nH]cc(CCNc3nccc4c3c(=O)oc3ccccc34)c2c1. The Bertz CT molecular complexity index is 1400. The predicted molar refractivity (Wildman–Crippen MR) is 115 cm³/mol. The highest BCUT2D eigenvalue weighted by atomic mass is 16.5. The highest BCUT2D eigenvalue weighted by Gasteiger charge is 2.12. The van der Waals surface area contributed by atoms with Gasteiger partial charge in [-0.15, -0.1) is 0 Å². The summed E-state index contributed by atoms with van der Waals surface area (Å²) in [4.78, 5) is 20.3. The summed E-state index contributed by atoms with van der Waals surface area (Å²) in [5.74, 6) is 1.37. The van der Waals surface area contributed by atoms with E-state index in [0.717, 1.165) is 33.8 Å². The zero-order valence-electron chi connectivity index (χ0n) is 15.9. The lowest BCUT2D eigenvalue weighted by Gasteiger charge is -2.09. The maximum atomic E-state index is 12.6. The molecule has 0 radical (unpaired) electrons. The Labute approximate surface area is 166 Å². The van der Waals surface area contributed by atoms with Gasteiger partial charge in [0.05, 0.1) is 7.11 Å². The van der Waals surface area contributed by atoms with Crippen molar-refractivity contribution in [3.05, 3.63) is 76.9 Å². The molecule has 2 N–H and O–H groups in total. The van der Waals surface area contributed by atoms with Crippen LogP contribution in [0.1, 0.15) is 5.56 Å². The van der Waals surface area contributed by atoms with Gasteiger partial charge in [-0.3, -0.25) is 0 Å². The molecule has 0 saturated carbocycles. The van der Waals surface area contributed by atoms with E-state index < -0.39 is 0 Å². The van der Waals surface area contributed by atoms with Crippen LogP contribution >= 0.6 is 0 Å². The first-order valence-electron chi connectivity index (χ1n) is 9.43. The van der Waals surface area contributed by atoms with E-state index in [1.54, 1.807) is 19.4 Å². The molecule has 144 valence electrons. The molecule has 0 bridgehead atoms. The van der Waals surface area contributed by atoms with Crippen LogP contribution in [0.15, 0.2) is 70.1 Å². The second-order valence-electron chi connectivity index (χ2n) is 6.87. The van der Waals surface area contributed by atoms with Gasteiger partial charge in [0.2, 0.25) is 0 Å². The van der Waals surface area contributed by atoms with Gasteiger partial charge in [-0.25, -0.2) is 9.78 Å². The monoisotopic (exact) mass is 385 g/mol. The smallest absolute Gasteiger partial charge is 0.347 e. The lowest BCUT2D eigenvalue weighted by Crippen LogP contribution is -2.10. The molecule has 0 unspecified atom stereocenters. The number of anilines is 1. The third-order valence-corrected chi connectivity index (χ3v) is 5.20. The van der Waals surface area contributed by atoms with E-state index in [1.807, 2.05) is 48.7 Å². The second kappa shape index (κ2) is 6.98. The van der Waals surface area contributed by atoms with Crippen molar-refractivity contribution >= 4 is 38.5 Å². The Hall–Kier alpha value is -3.80. The Morgan fingerprint density at radius 2 is 2.00 bits per heavy atom. The number of nitrogens with one attached hydrogen (secondary N) is 2. The van der Waals surface area contributed by atoms with Crippen LogP contribution in [0.5, 0.6) is 5.75 Å². The van der Waals surface area contributed by atoms with Crippen LogP contribution in [-0.4, -0.2) is 23.6 Å². The molecule has 0 fully saturated rings. The summed E-state index contributed by atoms with van der Waals surface area (Å²) >= 11 is 0. The van der Waals surface area contributed by atoms with Gasteiger partial charge in [-0.05, 0) is 42.3 Å². The number of hydrogen-bond donors (Lipinski definition) is 2. The fraction of sp³-hybridized carbons (Fsp3) is 0.130. The second-order valence-corrected chi connectivity index (χ2v) is 6.87. The Kier molecular flexibility index (Phi) is 4.17. The summed E-state index contributed by atoms with van der Waals surface area (Å²) in [6.45, 7) is 0.628. The Morgan fingerprint density at radius 3 is 2.90 bits per heavy atom. The number of rotatable bonds is 5. The largest absolute Gasteiger partial charge is 0.497 e. The molecule has 2 aromatic carbocycles. The molecule has 0 spiro atoms. The van der Waals surface area contributed by atoms with E-state index in [0.29, 0.717) is 23.3 Å². The van der Waals surface area contributed by atoms with Crippen LogP contribution in [0, 0.1) is 0 Å². The van der Waals surface area contributed by atoms with Gasteiger partial charge in [-0.1, -0.05) is 18.2 Å². The fourth-order valence-electron chi connectivity index (χ4n) is 3.76. The molecule has 29 heavy (non-hydrogen) atoms. The standard InChI is InChI=1S/C23H19N3O3/c1-28-15-6-7-19-18(12-15)14(13-26-19)8-10-24-22-21-17(9-11-25-22)16-4-2-3-5-20(16)29-23(21)27/h2-7,9,11-13,26H,8,10H2,1H3,(H,24,25). The molecule has 0 atom stereocenters. The van der Waals surface area contributed by atoms with Crippen molar-refractivity contribution in [3.63, 3.8) is 0 Å². The number of benzene rings is 2. The first-order valence-corrected chi connectivity index (χ1v) is 9.43. The maximum absolute atomic E-state index is 12.6. The summed E-state index contributed by atoms with van der Waals surface area (Å²) in [6, 6.07) is 15.4. The number of aromatic nitrogens is 2. The molecule has 3 heterocycles. The van der Waals surface area contributed by atoms with E-state index in [4.69, 9.17) is 9.15 Å². The molecule has 3 aromatic heterocycles. The summed E-state index contributed by atoms with van der Waals surface area (Å²) in [5.41, 5.74) is 2.43. The van der Waals surface area contributed by atoms with Gasteiger partial charge < -0.3 is 19.5 Å². The number of aromatic amines is 1. The topological polar surface area (TPSA) is 80.1 Å². The van der Waals surface area contributed by atoms with Crippen molar-refractivity contribution in [1.82, 2.24) is 9.97 Å². The minimum Gasteiger partial charge on any atom is -0.497 e. The van der Waals surface area contributed by atoms with Crippen LogP contribution in [0.25, 0.3) is 32.6 Å². The zero-order chi connectivity index (χ0) is 19.8. The first-order chi connectivity index (χ1) is 14.2. The van der Waals surface area contributed by atoms with Crippen molar-refractivity contribution in [3.8, 4) is 5.75 Å². The molecule has 6 nitrogen and oxygen atoms in total. The Balaban J connectivity index is 1.46. The third-order valence-electron chi connectivity index (χ3n) is 5.20. The molecule has 0 aliphatic rings. The molecule has 5 aromatic rings. The summed E-state index contributed by atoms with van der Waals surface area (Å²) in [5, 5.41) is 6.65. The number of pyridine rings is 1. The molecule has 0 amide bonds. The van der Waals surface area contributed by atoms with Crippen LogP contribution in [0.2, 0.25) is 0 Å². The number of nitrogens with zero attached hydrogens (tertiary/aromatic N) is 1. The molecule has 5 rings (SSSR count). The van der Waals surface area contributed by atoms with Crippen LogP contribution < -0.4 is 15.7 Å². The van der Waals surface area contributed by atoms with E-state index >= 15 is 0 Å². The quantitative estimate of drug-likeness (QED) is 0.344. The van der Waals surface area contributed by atoms with Crippen molar-refractivity contribution < 1.29 is 9.15 Å². The summed E-state index contributed by atoms with van der Waals surface area (Å²) < 4.78 is 10.8. The molecule has 6 heteroatoms. The lowest BCUT2D eigenvalue weighted by atomic mass is 10.1. The van der Waals surface area contributed by atoms with E-state index in [2.05, 4.69) is 15.3 Å². The highest BCUT2D eigenvalue weighted by molar-refractivity contribution is 6.07. The molecule has 0 saturated heterocycles. The average molecular weight is 385 g/mol. The van der Waals surface area contributed by atoms with Crippen LogP contribution in [-0.2, 0) is 6.42 Å². The number of H-pyrrole nitrogens is 1. The van der Waals surface area contributed by atoms with Gasteiger partial charge in [0.15, 0.2) is 0 Å². The van der Waals surface area contributed by atoms with Crippen molar-refractivity contribution in [2.24, 2.45) is 0 Å². The molecular weight excluding hydrogens is 366 g/mol.